The fourth-order valence-electron chi connectivity index (χ4n) is 3.68. The number of hydrogen-bond acceptors (Lipinski definition) is 3. The van der Waals surface area contributed by atoms with Crippen molar-refractivity contribution in [2.75, 3.05) is 0 Å². The first-order chi connectivity index (χ1) is 12.2. The molecule has 1 unspecified atom stereocenters. The predicted molar refractivity (Wildman–Crippen MR) is 99.9 cm³/mol. The maximum Gasteiger partial charge on any atom is 0.220 e. The summed E-state index contributed by atoms with van der Waals surface area (Å²) < 4.78 is 0. The lowest BCUT2D eigenvalue weighted by atomic mass is 9.92. The van der Waals surface area contributed by atoms with Crippen LogP contribution in [0.4, 0.5) is 0 Å². The summed E-state index contributed by atoms with van der Waals surface area (Å²) in [7, 11) is 0. The van der Waals surface area contributed by atoms with Crippen molar-refractivity contribution in [1.82, 2.24) is 10.2 Å². The van der Waals surface area contributed by atoms with Gasteiger partial charge in [-0.15, -0.1) is 0 Å². The van der Waals surface area contributed by atoms with Crippen LogP contribution in [0.15, 0.2) is 36.5 Å². The molecule has 4 nitrogen and oxygen atoms in total. The predicted octanol–water partition coefficient (Wildman–Crippen LogP) is 4.07. The average molecular weight is 337 g/mol. The summed E-state index contributed by atoms with van der Waals surface area (Å²) in [5, 5.41) is 8.49. The van der Waals surface area contributed by atoms with Gasteiger partial charge in [0, 0.05) is 17.7 Å². The van der Waals surface area contributed by atoms with Crippen LogP contribution in [0.1, 0.15) is 56.1 Å². The number of benzene rings is 1. The van der Waals surface area contributed by atoms with Gasteiger partial charge in [-0.3, -0.25) is 4.79 Å². The Morgan fingerprint density at radius 1 is 1.00 bits per heavy atom. The molecule has 2 bridgehead atoms. The van der Waals surface area contributed by atoms with Gasteiger partial charge in [0.15, 0.2) is 0 Å². The molecule has 0 saturated carbocycles. The highest BCUT2D eigenvalue weighted by molar-refractivity contribution is 5.76. The molecule has 2 N–H and O–H groups in total. The highest BCUT2D eigenvalue weighted by Gasteiger charge is 2.16. The first-order valence-electron chi connectivity index (χ1n) is 9.43. The van der Waals surface area contributed by atoms with Gasteiger partial charge in [-0.1, -0.05) is 43.9 Å². The number of primary amides is 1. The normalized spacial score (nSPS) is 19.3. The van der Waals surface area contributed by atoms with Gasteiger partial charge in [-0.25, -0.2) is 0 Å². The molecule has 1 heterocycles. The maximum absolute atomic E-state index is 11.7. The van der Waals surface area contributed by atoms with Crippen LogP contribution in [-0.2, 0) is 17.6 Å². The average Bonchev–Trinajstić information content (AvgIpc) is 2.63. The fourth-order valence-corrected chi connectivity index (χ4v) is 3.68. The largest absolute Gasteiger partial charge is 0.369 e. The zero-order chi connectivity index (χ0) is 17.5. The van der Waals surface area contributed by atoms with E-state index in [0.717, 1.165) is 49.8 Å². The minimum Gasteiger partial charge on any atom is -0.369 e. The fraction of sp³-hybridized carbons (Fsp3) is 0.476. The molecule has 3 rings (SSSR count). The third-order valence-electron chi connectivity index (χ3n) is 5.19. The zero-order valence-corrected chi connectivity index (χ0v) is 14.8. The summed E-state index contributed by atoms with van der Waals surface area (Å²) in [5.41, 5.74) is 10.2. The SMILES string of the molecule is NC(=O)C1CCCCCCCc2ccnnc2-c2cccc(c2)CC1. The number of nitrogens with two attached hydrogens (primary N) is 1. The number of hydrogen-bond donors (Lipinski definition) is 1. The molecule has 1 aliphatic carbocycles. The lowest BCUT2D eigenvalue weighted by Gasteiger charge is -2.13. The highest BCUT2D eigenvalue weighted by atomic mass is 16.1. The Kier molecular flexibility index (Phi) is 6.15. The molecular weight excluding hydrogens is 310 g/mol. The number of carbonyl (C=O) groups excluding carboxylic acids is 1. The molecule has 1 atom stereocenters. The second-order valence-electron chi connectivity index (χ2n) is 7.05. The molecule has 0 spiro atoms. The van der Waals surface area contributed by atoms with Crippen LogP contribution in [0.5, 0.6) is 0 Å². The summed E-state index contributed by atoms with van der Waals surface area (Å²) >= 11 is 0. The standard InChI is InChI=1S/C21H27N3O/c22-21(25)18-9-5-3-1-2-4-8-17-13-14-23-24-20(17)19-10-6-7-16(15-19)11-12-18/h6-7,10,13-15,18H,1-5,8-9,11-12H2,(H2,22,25). The van der Waals surface area contributed by atoms with Crippen LogP contribution in [0.2, 0.25) is 0 Å². The lowest BCUT2D eigenvalue weighted by Crippen LogP contribution is -2.23. The van der Waals surface area contributed by atoms with Gasteiger partial charge < -0.3 is 5.73 Å². The third-order valence-corrected chi connectivity index (χ3v) is 5.19. The van der Waals surface area contributed by atoms with Crippen molar-refractivity contribution in [2.45, 2.75) is 57.8 Å². The molecule has 0 radical (unpaired) electrons. The summed E-state index contributed by atoms with van der Waals surface area (Å²) in [5.74, 6) is -0.169. The van der Waals surface area contributed by atoms with Crippen LogP contribution in [0.25, 0.3) is 11.3 Å². The van der Waals surface area contributed by atoms with Gasteiger partial charge in [0.1, 0.15) is 0 Å². The van der Waals surface area contributed by atoms with Crippen molar-refractivity contribution in [2.24, 2.45) is 11.7 Å². The van der Waals surface area contributed by atoms with E-state index in [2.05, 4.69) is 40.5 Å². The quantitative estimate of drug-likeness (QED) is 0.852. The molecule has 0 fully saturated rings. The van der Waals surface area contributed by atoms with Crippen LogP contribution >= 0.6 is 0 Å². The minimum absolute atomic E-state index is 0.0131. The smallest absolute Gasteiger partial charge is 0.220 e. The Bertz CT molecular complexity index is 714. The van der Waals surface area contributed by atoms with Gasteiger partial charge in [0.05, 0.1) is 5.69 Å². The number of nitrogens with zero attached hydrogens (tertiary/aromatic N) is 2. The molecule has 2 aromatic rings. The molecule has 1 amide bonds. The molecular formula is C21H27N3O. The van der Waals surface area contributed by atoms with Crippen LogP contribution < -0.4 is 5.73 Å². The molecule has 0 saturated heterocycles. The molecule has 1 aliphatic rings. The van der Waals surface area contributed by atoms with Crippen LogP contribution in [0.3, 0.4) is 0 Å². The summed E-state index contributed by atoms with van der Waals surface area (Å²) in [6.45, 7) is 0. The van der Waals surface area contributed by atoms with E-state index >= 15 is 0 Å². The van der Waals surface area contributed by atoms with Crippen molar-refractivity contribution >= 4 is 5.91 Å². The van der Waals surface area contributed by atoms with Gasteiger partial charge in [-0.05, 0) is 55.4 Å². The minimum atomic E-state index is -0.156. The van der Waals surface area contributed by atoms with E-state index in [-0.39, 0.29) is 11.8 Å². The zero-order valence-electron chi connectivity index (χ0n) is 14.8. The Hall–Kier alpha value is -2.23. The van der Waals surface area contributed by atoms with E-state index in [0.29, 0.717) is 0 Å². The Morgan fingerprint density at radius 3 is 2.72 bits per heavy atom. The van der Waals surface area contributed by atoms with E-state index in [1.165, 1.54) is 30.4 Å². The van der Waals surface area contributed by atoms with E-state index in [1.54, 1.807) is 6.20 Å². The van der Waals surface area contributed by atoms with Crippen molar-refractivity contribution < 1.29 is 4.79 Å². The second kappa shape index (κ2) is 8.75. The molecule has 0 aliphatic heterocycles. The van der Waals surface area contributed by atoms with Crippen molar-refractivity contribution in [3.05, 3.63) is 47.7 Å². The Labute approximate surface area is 149 Å². The summed E-state index contributed by atoms with van der Waals surface area (Å²) in [4.78, 5) is 11.7. The highest BCUT2D eigenvalue weighted by Crippen LogP contribution is 2.25. The number of fused-ring (bicyclic) bond motifs is 4. The maximum atomic E-state index is 11.7. The second-order valence-corrected chi connectivity index (χ2v) is 7.05. The number of aromatic nitrogens is 2. The van der Waals surface area contributed by atoms with Gasteiger partial charge in [0.2, 0.25) is 5.91 Å². The van der Waals surface area contributed by atoms with Crippen molar-refractivity contribution in [3.8, 4) is 11.3 Å². The Morgan fingerprint density at radius 2 is 1.84 bits per heavy atom. The van der Waals surface area contributed by atoms with E-state index in [4.69, 9.17) is 5.73 Å². The van der Waals surface area contributed by atoms with Crippen LogP contribution in [-0.4, -0.2) is 16.1 Å². The monoisotopic (exact) mass is 337 g/mol. The molecule has 25 heavy (non-hydrogen) atoms. The molecule has 1 aromatic carbocycles. The van der Waals surface area contributed by atoms with E-state index < -0.39 is 0 Å². The van der Waals surface area contributed by atoms with Crippen molar-refractivity contribution in [3.63, 3.8) is 0 Å². The lowest BCUT2D eigenvalue weighted by molar-refractivity contribution is -0.122. The van der Waals surface area contributed by atoms with Gasteiger partial charge in [-0.2, -0.15) is 10.2 Å². The number of aryl methyl sites for hydroxylation is 2. The van der Waals surface area contributed by atoms with Gasteiger partial charge >= 0.3 is 0 Å². The number of carbonyl (C=O) groups is 1. The number of amides is 1. The number of rotatable bonds is 1. The molecule has 4 heteroatoms. The first kappa shape index (κ1) is 17.6. The summed E-state index contributed by atoms with van der Waals surface area (Å²) in [6.07, 6.45) is 11.3. The van der Waals surface area contributed by atoms with Gasteiger partial charge in [0.25, 0.3) is 0 Å². The van der Waals surface area contributed by atoms with Crippen molar-refractivity contribution in [1.29, 1.82) is 0 Å². The first-order valence-corrected chi connectivity index (χ1v) is 9.43. The topological polar surface area (TPSA) is 68.9 Å². The molecule has 1 aromatic heterocycles. The summed E-state index contributed by atoms with van der Waals surface area (Å²) in [6, 6.07) is 10.6. The molecule has 132 valence electrons. The Balaban J connectivity index is 1.87. The third kappa shape index (κ3) is 4.88. The van der Waals surface area contributed by atoms with E-state index in [1.807, 2.05) is 0 Å². The van der Waals surface area contributed by atoms with Crippen LogP contribution in [0, 0.1) is 5.92 Å². The van der Waals surface area contributed by atoms with E-state index in [9.17, 15) is 4.79 Å².